The summed E-state index contributed by atoms with van der Waals surface area (Å²) in [6.07, 6.45) is 5.15. The first-order chi connectivity index (χ1) is 8.67. The number of carbonyl (C=O) groups is 2. The number of nitrogens with zero attached hydrogens (tertiary/aromatic N) is 2. The Morgan fingerprint density at radius 2 is 2.22 bits per heavy atom. The van der Waals surface area contributed by atoms with Gasteiger partial charge in [0.2, 0.25) is 0 Å². The fourth-order valence-electron chi connectivity index (χ4n) is 1.79. The molecule has 0 unspecified atom stereocenters. The zero-order valence-corrected chi connectivity index (χ0v) is 9.92. The molecule has 0 N–H and O–H groups in total. The molecule has 0 radical (unpaired) electrons. The molecule has 0 aromatic heterocycles. The Hall–Kier alpha value is -2.48. The number of amides is 3. The molecule has 1 aromatic carbocycles. The predicted molar refractivity (Wildman–Crippen MR) is 66.3 cm³/mol. The van der Waals surface area contributed by atoms with Gasteiger partial charge in [0.15, 0.2) is 0 Å². The van der Waals surface area contributed by atoms with E-state index >= 15 is 0 Å². The van der Waals surface area contributed by atoms with Crippen LogP contribution >= 0.6 is 0 Å². The molecule has 5 nitrogen and oxygen atoms in total. The molecule has 3 amide bonds. The van der Waals surface area contributed by atoms with Crippen molar-refractivity contribution in [3.63, 3.8) is 0 Å². The minimum atomic E-state index is -0.397. The number of imide groups is 1. The lowest BCUT2D eigenvalue weighted by atomic mass is 10.3. The van der Waals surface area contributed by atoms with Gasteiger partial charge in [-0.05, 0) is 12.1 Å². The summed E-state index contributed by atoms with van der Waals surface area (Å²) in [5, 5.41) is 0. The van der Waals surface area contributed by atoms with Gasteiger partial charge in [0.1, 0.15) is 12.3 Å². The summed E-state index contributed by atoms with van der Waals surface area (Å²) in [4.78, 5) is 26.3. The van der Waals surface area contributed by atoms with Crippen LogP contribution in [-0.4, -0.2) is 37.0 Å². The van der Waals surface area contributed by atoms with Gasteiger partial charge < -0.3 is 9.64 Å². The van der Waals surface area contributed by atoms with E-state index in [1.807, 2.05) is 0 Å². The van der Waals surface area contributed by atoms with Crippen molar-refractivity contribution in [3.05, 3.63) is 24.3 Å². The van der Waals surface area contributed by atoms with E-state index in [-0.39, 0.29) is 19.0 Å². The van der Waals surface area contributed by atoms with Crippen molar-refractivity contribution in [1.82, 2.24) is 4.90 Å². The van der Waals surface area contributed by atoms with Gasteiger partial charge in [-0.25, -0.2) is 9.69 Å². The highest BCUT2D eigenvalue weighted by atomic mass is 16.5. The van der Waals surface area contributed by atoms with Crippen LogP contribution in [0.1, 0.15) is 0 Å². The van der Waals surface area contributed by atoms with Crippen molar-refractivity contribution < 1.29 is 14.3 Å². The standard InChI is InChI=1S/C13H12N2O3/c1-3-7-14-9-12(16)15(13(14)17)10-5-4-6-11(8-10)18-2/h1,4-6,8H,7,9H2,2H3. The highest BCUT2D eigenvalue weighted by Gasteiger charge is 2.36. The molecule has 1 fully saturated rings. The normalized spacial score (nSPS) is 14.9. The first-order valence-corrected chi connectivity index (χ1v) is 5.36. The molecule has 1 aliphatic heterocycles. The Bertz CT molecular complexity index is 533. The van der Waals surface area contributed by atoms with Crippen LogP contribution in [0.3, 0.4) is 0 Å². The number of hydrogen-bond donors (Lipinski definition) is 0. The first-order valence-electron chi connectivity index (χ1n) is 5.36. The first kappa shape index (κ1) is 12.0. The molecule has 0 aliphatic carbocycles. The average Bonchev–Trinajstić information content (AvgIpc) is 2.65. The second-order valence-corrected chi connectivity index (χ2v) is 3.77. The third kappa shape index (κ3) is 2.00. The van der Waals surface area contributed by atoms with Crippen molar-refractivity contribution in [1.29, 1.82) is 0 Å². The van der Waals surface area contributed by atoms with Crippen molar-refractivity contribution >= 4 is 17.6 Å². The number of carbonyl (C=O) groups excluding carboxylic acids is 2. The molecule has 1 aliphatic rings. The van der Waals surface area contributed by atoms with Gasteiger partial charge in [0.25, 0.3) is 5.91 Å². The SMILES string of the molecule is C#CCN1CC(=O)N(c2cccc(OC)c2)C1=O. The second kappa shape index (κ2) is 4.80. The van der Waals surface area contributed by atoms with Gasteiger partial charge in [-0.3, -0.25) is 4.79 Å². The maximum Gasteiger partial charge on any atom is 0.332 e. The van der Waals surface area contributed by atoms with Crippen molar-refractivity contribution in [3.8, 4) is 18.1 Å². The summed E-state index contributed by atoms with van der Waals surface area (Å²) < 4.78 is 5.06. The summed E-state index contributed by atoms with van der Waals surface area (Å²) in [7, 11) is 1.53. The van der Waals surface area contributed by atoms with Crippen molar-refractivity contribution in [2.24, 2.45) is 0 Å². The monoisotopic (exact) mass is 244 g/mol. The number of terminal acetylenes is 1. The van der Waals surface area contributed by atoms with Crippen LogP contribution in [0, 0.1) is 12.3 Å². The van der Waals surface area contributed by atoms with E-state index in [1.54, 1.807) is 24.3 Å². The Morgan fingerprint density at radius 3 is 2.89 bits per heavy atom. The van der Waals surface area contributed by atoms with E-state index in [9.17, 15) is 9.59 Å². The molecule has 0 atom stereocenters. The van der Waals surface area contributed by atoms with E-state index in [0.717, 1.165) is 4.90 Å². The predicted octanol–water partition coefficient (Wildman–Crippen LogP) is 1.10. The van der Waals surface area contributed by atoms with Crippen LogP contribution in [0.4, 0.5) is 10.5 Å². The number of rotatable bonds is 3. The van der Waals surface area contributed by atoms with E-state index < -0.39 is 6.03 Å². The quantitative estimate of drug-likeness (QED) is 0.591. The average molecular weight is 244 g/mol. The number of ether oxygens (including phenoxy) is 1. The van der Waals surface area contributed by atoms with Crippen LogP contribution in [0.5, 0.6) is 5.75 Å². The molecule has 1 heterocycles. The lowest BCUT2D eigenvalue weighted by Gasteiger charge is -2.15. The third-order valence-electron chi connectivity index (χ3n) is 2.63. The van der Waals surface area contributed by atoms with E-state index in [0.29, 0.717) is 11.4 Å². The van der Waals surface area contributed by atoms with Gasteiger partial charge >= 0.3 is 6.03 Å². The Morgan fingerprint density at radius 1 is 1.44 bits per heavy atom. The van der Waals surface area contributed by atoms with E-state index in [4.69, 9.17) is 11.2 Å². The number of urea groups is 1. The summed E-state index contributed by atoms with van der Waals surface area (Å²) in [6.45, 7) is 0.144. The summed E-state index contributed by atoms with van der Waals surface area (Å²) in [5.74, 6) is 2.65. The third-order valence-corrected chi connectivity index (χ3v) is 2.63. The number of hydrogen-bond acceptors (Lipinski definition) is 3. The van der Waals surface area contributed by atoms with Crippen molar-refractivity contribution in [2.45, 2.75) is 0 Å². The number of benzene rings is 1. The molecule has 1 saturated heterocycles. The van der Waals surface area contributed by atoms with Gasteiger partial charge in [0, 0.05) is 6.07 Å². The summed E-state index contributed by atoms with van der Waals surface area (Å²) >= 11 is 0. The maximum absolute atomic E-state index is 12.0. The van der Waals surface area contributed by atoms with Gasteiger partial charge in [0.05, 0.1) is 19.3 Å². The minimum absolute atomic E-state index is 0.0141. The van der Waals surface area contributed by atoms with Crippen molar-refractivity contribution in [2.75, 3.05) is 25.1 Å². The largest absolute Gasteiger partial charge is 0.497 e. The summed E-state index contributed by atoms with van der Waals surface area (Å²) in [6, 6.07) is 6.38. The Kier molecular flexibility index (Phi) is 3.20. The lowest BCUT2D eigenvalue weighted by molar-refractivity contribution is -0.116. The van der Waals surface area contributed by atoms with E-state index in [1.165, 1.54) is 12.0 Å². The van der Waals surface area contributed by atoms with Crippen LogP contribution in [-0.2, 0) is 4.79 Å². The highest BCUT2D eigenvalue weighted by Crippen LogP contribution is 2.25. The van der Waals surface area contributed by atoms with Crippen LogP contribution < -0.4 is 9.64 Å². The molecular formula is C13H12N2O3. The molecule has 2 rings (SSSR count). The summed E-state index contributed by atoms with van der Waals surface area (Å²) in [5.41, 5.74) is 0.490. The molecule has 18 heavy (non-hydrogen) atoms. The van der Waals surface area contributed by atoms with Gasteiger partial charge in [-0.2, -0.15) is 0 Å². The Balaban J connectivity index is 2.30. The minimum Gasteiger partial charge on any atom is -0.497 e. The molecule has 0 spiro atoms. The molecule has 1 aromatic rings. The highest BCUT2D eigenvalue weighted by molar-refractivity contribution is 6.19. The zero-order chi connectivity index (χ0) is 13.1. The smallest absolute Gasteiger partial charge is 0.332 e. The maximum atomic E-state index is 12.0. The molecule has 0 bridgehead atoms. The molecular weight excluding hydrogens is 232 g/mol. The fraction of sp³-hybridized carbons (Fsp3) is 0.231. The molecule has 5 heteroatoms. The zero-order valence-electron chi connectivity index (χ0n) is 9.92. The van der Waals surface area contributed by atoms with Crippen LogP contribution in [0.15, 0.2) is 24.3 Å². The second-order valence-electron chi connectivity index (χ2n) is 3.77. The lowest BCUT2D eigenvalue weighted by Crippen LogP contribution is -2.33. The van der Waals surface area contributed by atoms with Crippen LogP contribution in [0.25, 0.3) is 0 Å². The van der Waals surface area contributed by atoms with E-state index in [2.05, 4.69) is 5.92 Å². The van der Waals surface area contributed by atoms with Crippen LogP contribution in [0.2, 0.25) is 0 Å². The van der Waals surface area contributed by atoms with Gasteiger partial charge in [-0.15, -0.1) is 6.42 Å². The Labute approximate surface area is 105 Å². The number of methoxy groups -OCH3 is 1. The van der Waals surface area contributed by atoms with Gasteiger partial charge in [-0.1, -0.05) is 12.0 Å². The topological polar surface area (TPSA) is 49.9 Å². The molecule has 0 saturated carbocycles. The number of anilines is 1. The molecule has 92 valence electrons. The fourth-order valence-corrected chi connectivity index (χ4v) is 1.79.